The summed E-state index contributed by atoms with van der Waals surface area (Å²) in [7, 11) is 5.35. The zero-order chi connectivity index (χ0) is 17.8. The molecule has 3 rings (SSSR count). The third-order valence-electron chi connectivity index (χ3n) is 4.75. The van der Waals surface area contributed by atoms with Crippen molar-refractivity contribution >= 4 is 5.91 Å². The lowest BCUT2D eigenvalue weighted by Gasteiger charge is -2.40. The Bertz CT molecular complexity index is 733. The van der Waals surface area contributed by atoms with Crippen LogP contribution in [0.5, 0.6) is 11.5 Å². The number of carbonyl (C=O) groups excluding carboxylic acids is 1. The fourth-order valence-electron chi connectivity index (χ4n) is 3.24. The standard InChI is InChI=1S/C20H24N2O3/c1-21-11-12-22(20(23)15-7-5-4-6-8-15)14-17(21)16-9-10-18(24-2)19(13-16)25-3/h4-10,13,17H,11-12,14H2,1-3H3. The van der Waals surface area contributed by atoms with Gasteiger partial charge in [-0.15, -0.1) is 0 Å². The van der Waals surface area contributed by atoms with Crippen LogP contribution in [0.4, 0.5) is 0 Å². The third kappa shape index (κ3) is 3.61. The molecule has 0 spiro atoms. The van der Waals surface area contributed by atoms with E-state index in [1.165, 1.54) is 0 Å². The highest BCUT2D eigenvalue weighted by molar-refractivity contribution is 5.94. The number of ether oxygens (including phenoxy) is 2. The van der Waals surface area contributed by atoms with E-state index in [0.29, 0.717) is 18.0 Å². The van der Waals surface area contributed by atoms with Gasteiger partial charge in [0.1, 0.15) is 0 Å². The Hall–Kier alpha value is -2.53. The number of nitrogens with zero attached hydrogens (tertiary/aromatic N) is 2. The smallest absolute Gasteiger partial charge is 0.253 e. The largest absolute Gasteiger partial charge is 0.493 e. The summed E-state index contributed by atoms with van der Waals surface area (Å²) in [5.41, 5.74) is 1.85. The number of piperazine rings is 1. The maximum Gasteiger partial charge on any atom is 0.253 e. The molecular formula is C20H24N2O3. The Kier molecular flexibility index (Phi) is 5.24. The van der Waals surface area contributed by atoms with Crippen LogP contribution in [0.15, 0.2) is 48.5 Å². The Morgan fingerprint density at radius 3 is 2.40 bits per heavy atom. The van der Waals surface area contributed by atoms with E-state index in [4.69, 9.17) is 9.47 Å². The van der Waals surface area contributed by atoms with Gasteiger partial charge < -0.3 is 14.4 Å². The molecule has 25 heavy (non-hydrogen) atoms. The quantitative estimate of drug-likeness (QED) is 0.858. The summed E-state index contributed by atoms with van der Waals surface area (Å²) in [6.07, 6.45) is 0. The molecule has 1 saturated heterocycles. The highest BCUT2D eigenvalue weighted by Crippen LogP contribution is 2.33. The van der Waals surface area contributed by atoms with Crippen molar-refractivity contribution in [3.63, 3.8) is 0 Å². The van der Waals surface area contributed by atoms with Gasteiger partial charge in [-0.25, -0.2) is 0 Å². The number of rotatable bonds is 4. The van der Waals surface area contributed by atoms with E-state index in [9.17, 15) is 4.79 Å². The average Bonchev–Trinajstić information content (AvgIpc) is 2.68. The van der Waals surface area contributed by atoms with E-state index < -0.39 is 0 Å². The summed E-state index contributed by atoms with van der Waals surface area (Å²) >= 11 is 0. The van der Waals surface area contributed by atoms with Gasteiger partial charge in [-0.05, 0) is 36.9 Å². The number of likely N-dealkylation sites (N-methyl/N-ethyl adjacent to an activating group) is 1. The van der Waals surface area contributed by atoms with E-state index in [-0.39, 0.29) is 11.9 Å². The van der Waals surface area contributed by atoms with Crippen LogP contribution in [0.2, 0.25) is 0 Å². The summed E-state index contributed by atoms with van der Waals surface area (Å²) < 4.78 is 10.7. The lowest BCUT2D eigenvalue weighted by atomic mass is 10.0. The predicted molar refractivity (Wildman–Crippen MR) is 97.3 cm³/mol. The molecule has 132 valence electrons. The van der Waals surface area contributed by atoms with Crippen LogP contribution in [-0.2, 0) is 0 Å². The monoisotopic (exact) mass is 340 g/mol. The highest BCUT2D eigenvalue weighted by atomic mass is 16.5. The first-order valence-electron chi connectivity index (χ1n) is 8.40. The zero-order valence-corrected chi connectivity index (χ0v) is 14.9. The van der Waals surface area contributed by atoms with Gasteiger partial charge in [0.25, 0.3) is 5.91 Å². The number of hydrogen-bond donors (Lipinski definition) is 0. The van der Waals surface area contributed by atoms with E-state index >= 15 is 0 Å². The Labute approximate surface area is 148 Å². The summed E-state index contributed by atoms with van der Waals surface area (Å²) in [6, 6.07) is 15.5. The molecule has 0 saturated carbocycles. The molecule has 1 amide bonds. The van der Waals surface area contributed by atoms with Crippen molar-refractivity contribution in [2.75, 3.05) is 40.9 Å². The SMILES string of the molecule is COc1ccc(C2CN(C(=O)c3ccccc3)CCN2C)cc1OC. The molecule has 2 aromatic rings. The summed E-state index contributed by atoms with van der Waals surface area (Å²) in [6.45, 7) is 2.21. The lowest BCUT2D eigenvalue weighted by molar-refractivity contribution is 0.0546. The fraction of sp³-hybridized carbons (Fsp3) is 0.350. The predicted octanol–water partition coefficient (Wildman–Crippen LogP) is 2.83. The number of amides is 1. The molecule has 1 aliphatic rings. The second-order valence-electron chi connectivity index (χ2n) is 6.23. The first kappa shape index (κ1) is 17.3. The summed E-state index contributed by atoms with van der Waals surface area (Å²) in [4.78, 5) is 17.0. The maximum atomic E-state index is 12.8. The average molecular weight is 340 g/mol. The van der Waals surface area contributed by atoms with Gasteiger partial charge in [-0.2, -0.15) is 0 Å². The van der Waals surface area contributed by atoms with E-state index in [0.717, 1.165) is 24.2 Å². The van der Waals surface area contributed by atoms with Crippen LogP contribution >= 0.6 is 0 Å². The van der Waals surface area contributed by atoms with Gasteiger partial charge >= 0.3 is 0 Å². The summed E-state index contributed by atoms with van der Waals surface area (Å²) in [5, 5.41) is 0. The van der Waals surface area contributed by atoms with Crippen LogP contribution in [0, 0.1) is 0 Å². The molecule has 5 heteroatoms. The van der Waals surface area contributed by atoms with Crippen molar-refractivity contribution in [1.82, 2.24) is 9.80 Å². The van der Waals surface area contributed by atoms with Gasteiger partial charge in [0.2, 0.25) is 0 Å². The first-order valence-corrected chi connectivity index (χ1v) is 8.40. The Balaban J connectivity index is 1.82. The van der Waals surface area contributed by atoms with Crippen molar-refractivity contribution in [3.05, 3.63) is 59.7 Å². The van der Waals surface area contributed by atoms with Crippen molar-refractivity contribution in [3.8, 4) is 11.5 Å². The van der Waals surface area contributed by atoms with Crippen LogP contribution < -0.4 is 9.47 Å². The molecule has 1 aliphatic heterocycles. The van der Waals surface area contributed by atoms with Crippen molar-refractivity contribution in [1.29, 1.82) is 0 Å². The Morgan fingerprint density at radius 2 is 1.72 bits per heavy atom. The molecule has 0 aliphatic carbocycles. The minimum atomic E-state index is 0.0826. The van der Waals surface area contributed by atoms with Gasteiger partial charge in [-0.3, -0.25) is 9.69 Å². The molecule has 1 atom stereocenters. The van der Waals surface area contributed by atoms with Crippen molar-refractivity contribution in [2.24, 2.45) is 0 Å². The normalized spacial score (nSPS) is 18.0. The minimum absolute atomic E-state index is 0.0826. The molecule has 1 fully saturated rings. The zero-order valence-electron chi connectivity index (χ0n) is 14.9. The molecule has 2 aromatic carbocycles. The molecule has 0 radical (unpaired) electrons. The van der Waals surface area contributed by atoms with E-state index in [1.54, 1.807) is 14.2 Å². The highest BCUT2D eigenvalue weighted by Gasteiger charge is 2.29. The lowest BCUT2D eigenvalue weighted by Crippen LogP contribution is -2.49. The number of hydrogen-bond acceptors (Lipinski definition) is 4. The van der Waals surface area contributed by atoms with Crippen LogP contribution in [0.1, 0.15) is 22.0 Å². The minimum Gasteiger partial charge on any atom is -0.493 e. The van der Waals surface area contributed by atoms with E-state index in [2.05, 4.69) is 11.9 Å². The number of benzene rings is 2. The van der Waals surface area contributed by atoms with Crippen LogP contribution in [-0.4, -0.2) is 56.6 Å². The van der Waals surface area contributed by atoms with Crippen molar-refractivity contribution in [2.45, 2.75) is 6.04 Å². The second-order valence-corrected chi connectivity index (χ2v) is 6.23. The van der Waals surface area contributed by atoms with Crippen LogP contribution in [0.3, 0.4) is 0 Å². The molecule has 0 bridgehead atoms. The Morgan fingerprint density at radius 1 is 1.00 bits per heavy atom. The molecular weight excluding hydrogens is 316 g/mol. The number of carbonyl (C=O) groups is 1. The van der Waals surface area contributed by atoms with Gasteiger partial charge in [-0.1, -0.05) is 24.3 Å². The first-order chi connectivity index (χ1) is 12.1. The van der Waals surface area contributed by atoms with Crippen molar-refractivity contribution < 1.29 is 14.3 Å². The fourth-order valence-corrected chi connectivity index (χ4v) is 3.24. The summed E-state index contributed by atoms with van der Waals surface area (Å²) in [5.74, 6) is 1.50. The molecule has 1 heterocycles. The van der Waals surface area contributed by atoms with Gasteiger partial charge in [0.15, 0.2) is 11.5 Å². The number of methoxy groups -OCH3 is 2. The maximum absolute atomic E-state index is 12.8. The molecule has 0 N–H and O–H groups in total. The van der Waals surface area contributed by atoms with E-state index in [1.807, 2.05) is 53.4 Å². The molecule has 5 nitrogen and oxygen atoms in total. The molecule has 0 aromatic heterocycles. The van der Waals surface area contributed by atoms with Crippen LogP contribution in [0.25, 0.3) is 0 Å². The van der Waals surface area contributed by atoms with Gasteiger partial charge in [0, 0.05) is 25.2 Å². The topological polar surface area (TPSA) is 42.0 Å². The molecule has 1 unspecified atom stereocenters. The third-order valence-corrected chi connectivity index (χ3v) is 4.75. The second kappa shape index (κ2) is 7.57. The van der Waals surface area contributed by atoms with Gasteiger partial charge in [0.05, 0.1) is 20.3 Å².